The van der Waals surface area contributed by atoms with Crippen LogP contribution in [0.5, 0.6) is 0 Å². The van der Waals surface area contributed by atoms with E-state index in [0.29, 0.717) is 18.1 Å². The van der Waals surface area contributed by atoms with Crippen molar-refractivity contribution in [3.8, 4) is 0 Å². The molecule has 0 bridgehead atoms. The van der Waals surface area contributed by atoms with Gasteiger partial charge in [-0.3, -0.25) is 4.90 Å². The largest absolute Gasteiger partial charge is 0.380 e. The Morgan fingerprint density at radius 3 is 3.05 bits per heavy atom. The first-order valence-corrected chi connectivity index (χ1v) is 7.67. The van der Waals surface area contributed by atoms with Gasteiger partial charge in [-0.1, -0.05) is 12.1 Å². The molecule has 2 heterocycles. The first-order chi connectivity index (χ1) is 9.74. The number of piperidine rings is 1. The Bertz CT molecular complexity index is 431. The van der Waals surface area contributed by atoms with Gasteiger partial charge in [0.2, 0.25) is 0 Å². The number of methoxy groups -OCH3 is 1. The molecule has 112 valence electrons. The molecule has 0 spiro atoms. The maximum Gasteiger partial charge on any atom is 0.151 e. The van der Waals surface area contributed by atoms with Crippen LogP contribution in [-0.4, -0.2) is 42.4 Å². The molecule has 2 atom stereocenters. The van der Waals surface area contributed by atoms with Crippen molar-refractivity contribution in [2.45, 2.75) is 51.4 Å². The first-order valence-electron chi connectivity index (χ1n) is 7.67. The second-order valence-corrected chi connectivity index (χ2v) is 6.21. The highest BCUT2D eigenvalue weighted by atomic mass is 16.5. The number of hydrogen-bond acceptors (Lipinski definition) is 5. The van der Waals surface area contributed by atoms with E-state index in [1.165, 1.54) is 19.3 Å². The maximum atomic E-state index is 5.55. The van der Waals surface area contributed by atoms with Crippen molar-refractivity contribution in [1.82, 2.24) is 15.4 Å². The molecule has 2 unspecified atom stereocenters. The minimum Gasteiger partial charge on any atom is -0.380 e. The third-order valence-corrected chi connectivity index (χ3v) is 4.41. The van der Waals surface area contributed by atoms with Gasteiger partial charge in [-0.05, 0) is 31.7 Å². The molecule has 2 fully saturated rings. The van der Waals surface area contributed by atoms with Crippen LogP contribution in [0.15, 0.2) is 10.6 Å². The molecule has 0 aromatic carbocycles. The van der Waals surface area contributed by atoms with Gasteiger partial charge in [-0.25, -0.2) is 0 Å². The number of ether oxygens (including phenoxy) is 1. The smallest absolute Gasteiger partial charge is 0.151 e. The lowest BCUT2D eigenvalue weighted by Crippen LogP contribution is -2.43. The summed E-state index contributed by atoms with van der Waals surface area (Å²) >= 11 is 0. The molecule has 1 aromatic heterocycles. The van der Waals surface area contributed by atoms with Crippen molar-refractivity contribution >= 4 is 0 Å². The van der Waals surface area contributed by atoms with E-state index >= 15 is 0 Å². The van der Waals surface area contributed by atoms with Gasteiger partial charge in [0.1, 0.15) is 0 Å². The molecule has 1 aliphatic carbocycles. The normalized spacial score (nSPS) is 27.9. The van der Waals surface area contributed by atoms with E-state index < -0.39 is 0 Å². The highest BCUT2D eigenvalue weighted by Crippen LogP contribution is 2.22. The molecule has 1 N–H and O–H groups in total. The monoisotopic (exact) mass is 279 g/mol. The molecule has 1 aliphatic heterocycles. The van der Waals surface area contributed by atoms with Crippen LogP contribution in [-0.2, 0) is 17.8 Å². The second-order valence-electron chi connectivity index (χ2n) is 6.21. The van der Waals surface area contributed by atoms with Crippen LogP contribution in [0.1, 0.15) is 37.6 Å². The summed E-state index contributed by atoms with van der Waals surface area (Å²) in [7, 11) is 1.81. The van der Waals surface area contributed by atoms with E-state index in [1.807, 2.05) is 0 Å². The number of nitrogens with zero attached hydrogens (tertiary/aromatic N) is 2. The molecule has 0 amide bonds. The van der Waals surface area contributed by atoms with Crippen LogP contribution < -0.4 is 5.32 Å². The summed E-state index contributed by atoms with van der Waals surface area (Å²) in [6.45, 7) is 6.02. The zero-order valence-corrected chi connectivity index (χ0v) is 12.5. The fourth-order valence-electron chi connectivity index (χ4n) is 2.82. The second kappa shape index (κ2) is 6.24. The van der Waals surface area contributed by atoms with Gasteiger partial charge >= 0.3 is 0 Å². The molecule has 0 radical (unpaired) electrons. The third kappa shape index (κ3) is 3.59. The van der Waals surface area contributed by atoms with E-state index in [1.54, 1.807) is 7.11 Å². The highest BCUT2D eigenvalue weighted by Gasteiger charge is 2.26. The van der Waals surface area contributed by atoms with Crippen molar-refractivity contribution in [3.05, 3.63) is 17.5 Å². The van der Waals surface area contributed by atoms with E-state index in [2.05, 4.69) is 28.4 Å². The molecule has 1 aromatic rings. The Labute approximate surface area is 120 Å². The number of rotatable bonds is 6. The van der Waals surface area contributed by atoms with Crippen molar-refractivity contribution in [1.29, 1.82) is 0 Å². The van der Waals surface area contributed by atoms with E-state index in [-0.39, 0.29) is 0 Å². The molecular weight excluding hydrogens is 254 g/mol. The minimum absolute atomic E-state index is 0.336. The predicted octanol–water partition coefficient (Wildman–Crippen LogP) is 1.78. The summed E-state index contributed by atoms with van der Waals surface area (Å²) in [4.78, 5) is 2.40. The fourth-order valence-corrected chi connectivity index (χ4v) is 2.82. The Balaban J connectivity index is 1.49. The van der Waals surface area contributed by atoms with Crippen molar-refractivity contribution in [2.24, 2.45) is 5.92 Å². The summed E-state index contributed by atoms with van der Waals surface area (Å²) in [6, 6.07) is 2.79. The van der Waals surface area contributed by atoms with Crippen molar-refractivity contribution < 1.29 is 9.26 Å². The zero-order chi connectivity index (χ0) is 13.9. The van der Waals surface area contributed by atoms with Crippen LogP contribution in [0.25, 0.3) is 0 Å². The number of hydrogen-bond donors (Lipinski definition) is 1. The van der Waals surface area contributed by atoms with Gasteiger partial charge in [-0.15, -0.1) is 0 Å². The lowest BCUT2D eigenvalue weighted by atomic mass is 9.96. The highest BCUT2D eigenvalue weighted by molar-refractivity contribution is 5.06. The predicted molar refractivity (Wildman–Crippen MR) is 76.2 cm³/mol. The number of likely N-dealkylation sites (tertiary alicyclic amines) is 1. The molecular formula is C15H25N3O2. The summed E-state index contributed by atoms with van der Waals surface area (Å²) < 4.78 is 11.0. The molecule has 5 nitrogen and oxygen atoms in total. The van der Waals surface area contributed by atoms with Crippen LogP contribution in [0.4, 0.5) is 0 Å². The summed E-state index contributed by atoms with van der Waals surface area (Å²) in [5.74, 6) is 1.60. The zero-order valence-electron chi connectivity index (χ0n) is 12.5. The standard InChI is InChI=1S/C15H25N3O2/c1-11-5-6-18(10-15(11)19-2)9-14-7-13(17-20-14)8-16-12-3-4-12/h7,11-12,15-16H,3-6,8-10H2,1-2H3. The van der Waals surface area contributed by atoms with Crippen LogP contribution in [0.3, 0.4) is 0 Å². The fraction of sp³-hybridized carbons (Fsp3) is 0.800. The topological polar surface area (TPSA) is 50.5 Å². The molecule has 3 rings (SSSR count). The lowest BCUT2D eigenvalue weighted by Gasteiger charge is -2.35. The first kappa shape index (κ1) is 14.0. The van der Waals surface area contributed by atoms with Crippen LogP contribution in [0.2, 0.25) is 0 Å². The number of aromatic nitrogens is 1. The Morgan fingerprint density at radius 1 is 1.45 bits per heavy atom. The summed E-state index contributed by atoms with van der Waals surface area (Å²) in [5.41, 5.74) is 1.01. The average molecular weight is 279 g/mol. The van der Waals surface area contributed by atoms with Gasteiger partial charge in [0, 0.05) is 32.3 Å². The SMILES string of the molecule is COC1CN(Cc2cc(CNC3CC3)no2)CCC1C. The number of nitrogens with one attached hydrogen (secondary N) is 1. The van der Waals surface area contributed by atoms with Gasteiger partial charge in [0.25, 0.3) is 0 Å². The molecule has 5 heteroatoms. The Hall–Kier alpha value is -0.910. The van der Waals surface area contributed by atoms with Gasteiger partial charge in [0.15, 0.2) is 5.76 Å². The molecule has 1 saturated heterocycles. The Kier molecular flexibility index (Phi) is 4.38. The van der Waals surface area contributed by atoms with Crippen LogP contribution >= 0.6 is 0 Å². The van der Waals surface area contributed by atoms with Gasteiger partial charge in [0.05, 0.1) is 18.3 Å². The lowest BCUT2D eigenvalue weighted by molar-refractivity contribution is -0.00961. The maximum absolute atomic E-state index is 5.55. The minimum atomic E-state index is 0.336. The van der Waals surface area contributed by atoms with Gasteiger partial charge in [-0.2, -0.15) is 0 Å². The average Bonchev–Trinajstić information content (AvgIpc) is 3.18. The van der Waals surface area contributed by atoms with E-state index in [4.69, 9.17) is 9.26 Å². The quantitative estimate of drug-likeness (QED) is 0.860. The third-order valence-electron chi connectivity index (χ3n) is 4.41. The Morgan fingerprint density at radius 2 is 2.30 bits per heavy atom. The van der Waals surface area contributed by atoms with Crippen LogP contribution in [0, 0.1) is 5.92 Å². The van der Waals surface area contributed by atoms with E-state index in [0.717, 1.165) is 37.6 Å². The van der Waals surface area contributed by atoms with E-state index in [9.17, 15) is 0 Å². The summed E-state index contributed by atoms with van der Waals surface area (Å²) in [5, 5.41) is 7.60. The molecule has 1 saturated carbocycles. The molecule has 2 aliphatic rings. The summed E-state index contributed by atoms with van der Waals surface area (Å²) in [6.07, 6.45) is 4.12. The van der Waals surface area contributed by atoms with Crippen molar-refractivity contribution in [3.63, 3.8) is 0 Å². The van der Waals surface area contributed by atoms with Gasteiger partial charge < -0.3 is 14.6 Å². The van der Waals surface area contributed by atoms with Crippen molar-refractivity contribution in [2.75, 3.05) is 20.2 Å². The molecule has 20 heavy (non-hydrogen) atoms.